The van der Waals surface area contributed by atoms with E-state index in [1.165, 1.54) is 21.6 Å². The van der Waals surface area contributed by atoms with Crippen molar-refractivity contribution < 1.29 is 14.4 Å². The highest BCUT2D eigenvalue weighted by Crippen LogP contribution is 2.34. The molecule has 0 saturated carbocycles. The number of carbonyl (C=O) groups excluding carboxylic acids is 3. The number of imide groups is 1. The van der Waals surface area contributed by atoms with Crippen molar-refractivity contribution >= 4 is 17.7 Å². The molecule has 1 aromatic carbocycles. The molecule has 0 spiro atoms. The summed E-state index contributed by atoms with van der Waals surface area (Å²) in [6.45, 7) is 8.19. The lowest BCUT2D eigenvalue weighted by Crippen LogP contribution is -2.38. The molecule has 3 aliphatic rings. The van der Waals surface area contributed by atoms with Gasteiger partial charge in [-0.25, -0.2) is 0 Å². The van der Waals surface area contributed by atoms with Crippen LogP contribution in [0.25, 0.3) is 0 Å². The van der Waals surface area contributed by atoms with Crippen LogP contribution in [0.1, 0.15) is 36.0 Å². The minimum Gasteiger partial charge on any atom is -0.343 e. The maximum atomic E-state index is 12.8. The fourth-order valence-corrected chi connectivity index (χ4v) is 4.76. The molecule has 3 fully saturated rings. The van der Waals surface area contributed by atoms with Crippen molar-refractivity contribution in [2.75, 3.05) is 32.7 Å². The monoisotopic (exact) mass is 383 g/mol. The fraction of sp³-hybridized carbons (Fsp3) is 0.591. The summed E-state index contributed by atoms with van der Waals surface area (Å²) in [4.78, 5) is 42.8. The molecule has 3 saturated heterocycles. The third-order valence-electron chi connectivity index (χ3n) is 6.52. The highest BCUT2D eigenvalue weighted by Gasteiger charge is 2.51. The molecular formula is C22H29N3O3. The van der Waals surface area contributed by atoms with E-state index in [1.54, 1.807) is 0 Å². The molecule has 6 nitrogen and oxygen atoms in total. The van der Waals surface area contributed by atoms with Crippen molar-refractivity contribution in [2.24, 2.45) is 11.8 Å². The number of carbonyl (C=O) groups is 3. The third-order valence-corrected chi connectivity index (χ3v) is 6.52. The minimum atomic E-state index is -0.201. The molecule has 28 heavy (non-hydrogen) atoms. The number of nitrogens with zero attached hydrogens (tertiary/aromatic N) is 3. The molecule has 0 radical (unpaired) electrons. The first-order valence-electron chi connectivity index (χ1n) is 10.4. The Morgan fingerprint density at radius 3 is 2.29 bits per heavy atom. The maximum absolute atomic E-state index is 12.8. The molecule has 3 heterocycles. The number of hydrogen-bond donors (Lipinski definition) is 0. The number of likely N-dealkylation sites (tertiary alicyclic amines) is 3. The first kappa shape index (κ1) is 19.1. The Morgan fingerprint density at radius 2 is 1.68 bits per heavy atom. The second-order valence-corrected chi connectivity index (χ2v) is 8.49. The molecule has 150 valence electrons. The lowest BCUT2D eigenvalue weighted by Gasteiger charge is -2.22. The zero-order valence-corrected chi connectivity index (χ0v) is 16.8. The van der Waals surface area contributed by atoms with Gasteiger partial charge in [0.05, 0.1) is 11.8 Å². The number of rotatable bonds is 6. The molecule has 4 rings (SSSR count). The van der Waals surface area contributed by atoms with Crippen LogP contribution in [-0.2, 0) is 20.9 Å². The minimum absolute atomic E-state index is 0.0228. The van der Waals surface area contributed by atoms with Crippen molar-refractivity contribution in [3.63, 3.8) is 0 Å². The van der Waals surface area contributed by atoms with Gasteiger partial charge in [-0.1, -0.05) is 18.2 Å². The molecule has 0 aliphatic carbocycles. The molecule has 0 bridgehead atoms. The van der Waals surface area contributed by atoms with Crippen molar-refractivity contribution in [1.82, 2.24) is 14.7 Å². The number of hydrogen-bond acceptors (Lipinski definition) is 4. The molecule has 0 N–H and O–H groups in total. The number of aryl methyl sites for hydroxylation is 2. The molecule has 0 aromatic heterocycles. The molecule has 3 aliphatic heterocycles. The summed E-state index contributed by atoms with van der Waals surface area (Å²) in [5, 5.41) is 0. The summed E-state index contributed by atoms with van der Waals surface area (Å²) < 4.78 is 0. The molecule has 1 aromatic rings. The summed E-state index contributed by atoms with van der Waals surface area (Å²) >= 11 is 0. The van der Waals surface area contributed by atoms with E-state index in [0.29, 0.717) is 39.0 Å². The first-order chi connectivity index (χ1) is 13.4. The van der Waals surface area contributed by atoms with Crippen LogP contribution in [0.2, 0.25) is 0 Å². The largest absolute Gasteiger partial charge is 0.343 e. The Morgan fingerprint density at radius 1 is 0.964 bits per heavy atom. The van der Waals surface area contributed by atoms with Crippen LogP contribution in [0.4, 0.5) is 0 Å². The van der Waals surface area contributed by atoms with Crippen LogP contribution in [0, 0.1) is 25.7 Å². The molecule has 6 heteroatoms. The third kappa shape index (κ3) is 3.58. The van der Waals surface area contributed by atoms with E-state index in [4.69, 9.17) is 0 Å². The molecule has 2 atom stereocenters. The lowest BCUT2D eigenvalue weighted by atomic mass is 10.00. The van der Waals surface area contributed by atoms with Gasteiger partial charge in [0.15, 0.2) is 0 Å². The van der Waals surface area contributed by atoms with Gasteiger partial charge >= 0.3 is 0 Å². The van der Waals surface area contributed by atoms with Crippen molar-refractivity contribution in [3.8, 4) is 0 Å². The summed E-state index contributed by atoms with van der Waals surface area (Å²) in [6.07, 6.45) is 2.22. The van der Waals surface area contributed by atoms with E-state index < -0.39 is 0 Å². The summed E-state index contributed by atoms with van der Waals surface area (Å²) in [6, 6.07) is 6.45. The fourth-order valence-electron chi connectivity index (χ4n) is 4.76. The Labute approximate surface area is 166 Å². The van der Waals surface area contributed by atoms with Crippen molar-refractivity contribution in [2.45, 2.75) is 39.7 Å². The summed E-state index contributed by atoms with van der Waals surface area (Å²) in [5.74, 6) is -0.256. The molecular weight excluding hydrogens is 354 g/mol. The predicted molar refractivity (Wildman–Crippen MR) is 105 cm³/mol. The summed E-state index contributed by atoms with van der Waals surface area (Å²) in [7, 11) is 0. The van der Waals surface area contributed by atoms with Gasteiger partial charge in [-0.15, -0.1) is 0 Å². The first-order valence-corrected chi connectivity index (χ1v) is 10.4. The number of amides is 3. The van der Waals surface area contributed by atoms with Gasteiger partial charge < -0.3 is 4.90 Å². The van der Waals surface area contributed by atoms with Crippen LogP contribution >= 0.6 is 0 Å². The Kier molecular flexibility index (Phi) is 5.23. The quantitative estimate of drug-likeness (QED) is 0.702. The van der Waals surface area contributed by atoms with Crippen LogP contribution in [-0.4, -0.2) is 65.1 Å². The average Bonchev–Trinajstić information content (AvgIpc) is 3.32. The van der Waals surface area contributed by atoms with Gasteiger partial charge in [-0.2, -0.15) is 0 Å². The molecule has 0 unspecified atom stereocenters. The Hall–Kier alpha value is -2.21. The zero-order chi connectivity index (χ0) is 19.8. The van der Waals surface area contributed by atoms with Crippen molar-refractivity contribution in [3.05, 3.63) is 34.9 Å². The van der Waals surface area contributed by atoms with E-state index in [9.17, 15) is 14.4 Å². The number of fused-ring (bicyclic) bond motifs is 1. The van der Waals surface area contributed by atoms with Gasteiger partial charge in [0, 0.05) is 45.7 Å². The predicted octanol–water partition coefficient (Wildman–Crippen LogP) is 1.73. The Bertz CT molecular complexity index is 782. The maximum Gasteiger partial charge on any atom is 0.234 e. The number of benzene rings is 1. The topological polar surface area (TPSA) is 60.9 Å². The lowest BCUT2D eigenvalue weighted by molar-refractivity contribution is -0.140. The van der Waals surface area contributed by atoms with Crippen LogP contribution < -0.4 is 0 Å². The van der Waals surface area contributed by atoms with E-state index >= 15 is 0 Å². The van der Waals surface area contributed by atoms with E-state index in [1.807, 2.05) is 4.90 Å². The standard InChI is InChI=1S/C22H29N3O3/c1-15-6-7-17(11-16(15)2)12-23-13-18-19(14-23)22(28)25(21(18)27)10-4-9-24-8-3-5-20(24)26/h6-7,11,18-19H,3-5,8-10,12-14H2,1-2H3/t18-,19+. The Balaban J connectivity index is 1.31. The SMILES string of the molecule is Cc1ccc(CN2C[C@@H]3C(=O)N(CCCN4CCCC4=O)C(=O)[C@@H]3C2)cc1C. The second-order valence-electron chi connectivity index (χ2n) is 8.49. The van der Waals surface area contributed by atoms with E-state index in [-0.39, 0.29) is 29.6 Å². The highest BCUT2D eigenvalue weighted by atomic mass is 16.2. The van der Waals surface area contributed by atoms with Gasteiger partial charge in [0.25, 0.3) is 0 Å². The highest BCUT2D eigenvalue weighted by molar-refractivity contribution is 6.05. The van der Waals surface area contributed by atoms with Crippen LogP contribution in [0.15, 0.2) is 18.2 Å². The summed E-state index contributed by atoms with van der Waals surface area (Å²) in [5.41, 5.74) is 3.78. The molecule has 3 amide bonds. The smallest absolute Gasteiger partial charge is 0.234 e. The van der Waals surface area contributed by atoms with Crippen molar-refractivity contribution in [1.29, 1.82) is 0 Å². The average molecular weight is 383 g/mol. The van der Waals surface area contributed by atoms with E-state index in [2.05, 4.69) is 36.9 Å². The normalized spacial score (nSPS) is 25.3. The van der Waals surface area contributed by atoms with E-state index in [0.717, 1.165) is 19.5 Å². The van der Waals surface area contributed by atoms with Gasteiger partial charge in [0.1, 0.15) is 0 Å². The van der Waals surface area contributed by atoms with Gasteiger partial charge in [-0.3, -0.25) is 24.2 Å². The van der Waals surface area contributed by atoms with Crippen LogP contribution in [0.3, 0.4) is 0 Å². The zero-order valence-electron chi connectivity index (χ0n) is 16.8. The van der Waals surface area contributed by atoms with Gasteiger partial charge in [-0.05, 0) is 43.4 Å². The van der Waals surface area contributed by atoms with Crippen LogP contribution in [0.5, 0.6) is 0 Å². The second kappa shape index (κ2) is 7.66. The van der Waals surface area contributed by atoms with Gasteiger partial charge in [0.2, 0.25) is 17.7 Å².